The molecule has 2 heterocycles. The Labute approximate surface area is 132 Å². The van der Waals surface area contributed by atoms with Crippen molar-refractivity contribution in [3.8, 4) is 0 Å². The molecule has 7 nitrogen and oxygen atoms in total. The average molecular weight is 311 g/mol. The zero-order valence-electron chi connectivity index (χ0n) is 13.0. The third-order valence-electron chi connectivity index (χ3n) is 3.50. The van der Waals surface area contributed by atoms with E-state index >= 15 is 0 Å². The Kier molecular flexibility index (Phi) is 3.92. The van der Waals surface area contributed by atoms with E-state index in [1.807, 2.05) is 31.2 Å². The van der Waals surface area contributed by atoms with Gasteiger partial charge in [0.1, 0.15) is 6.54 Å². The number of carbonyl (C=O) groups is 1. The standard InChI is InChI=1S/C16H17N5O2/c1-11-3-5-13(6-4-11)7-18-15(22)10-21-16(23)20-9-12(2)17-8-14(20)19-21/h3-6,8-9H,7,10H2,1-2H3,(H,18,22). The molecule has 7 heteroatoms. The van der Waals surface area contributed by atoms with Crippen LogP contribution in [0.3, 0.4) is 0 Å². The quantitative estimate of drug-likeness (QED) is 0.773. The van der Waals surface area contributed by atoms with Gasteiger partial charge in [-0.2, -0.15) is 0 Å². The van der Waals surface area contributed by atoms with Gasteiger partial charge in [-0.3, -0.25) is 9.78 Å². The number of nitrogens with zero attached hydrogens (tertiary/aromatic N) is 4. The predicted molar refractivity (Wildman–Crippen MR) is 85.0 cm³/mol. The average Bonchev–Trinajstić information content (AvgIpc) is 2.83. The number of amides is 1. The van der Waals surface area contributed by atoms with Crippen LogP contribution >= 0.6 is 0 Å². The summed E-state index contributed by atoms with van der Waals surface area (Å²) < 4.78 is 2.52. The zero-order valence-corrected chi connectivity index (χ0v) is 13.0. The Morgan fingerprint density at radius 1 is 1.22 bits per heavy atom. The molecule has 0 aliphatic heterocycles. The third kappa shape index (κ3) is 3.28. The van der Waals surface area contributed by atoms with Crippen molar-refractivity contribution in [1.82, 2.24) is 24.5 Å². The SMILES string of the molecule is Cc1ccc(CNC(=O)Cn2nc3cnc(C)cn3c2=O)cc1. The highest BCUT2D eigenvalue weighted by molar-refractivity contribution is 5.75. The topological polar surface area (TPSA) is 81.3 Å². The van der Waals surface area contributed by atoms with E-state index in [0.29, 0.717) is 17.9 Å². The molecule has 0 aliphatic rings. The van der Waals surface area contributed by atoms with Crippen LogP contribution in [0.25, 0.3) is 5.65 Å². The van der Waals surface area contributed by atoms with Gasteiger partial charge < -0.3 is 5.32 Å². The van der Waals surface area contributed by atoms with Gasteiger partial charge in [0, 0.05) is 12.7 Å². The Morgan fingerprint density at radius 3 is 2.70 bits per heavy atom. The van der Waals surface area contributed by atoms with Crippen LogP contribution in [0.2, 0.25) is 0 Å². The molecule has 0 bridgehead atoms. The molecular weight excluding hydrogens is 294 g/mol. The number of nitrogens with one attached hydrogen (secondary N) is 1. The summed E-state index contributed by atoms with van der Waals surface area (Å²) in [6.07, 6.45) is 3.11. The number of carbonyl (C=O) groups excluding carboxylic acids is 1. The molecule has 1 aromatic carbocycles. The van der Waals surface area contributed by atoms with Gasteiger partial charge in [0.2, 0.25) is 5.91 Å². The molecule has 0 fully saturated rings. The molecule has 0 radical (unpaired) electrons. The van der Waals surface area contributed by atoms with Crippen LogP contribution in [0.15, 0.2) is 41.5 Å². The monoisotopic (exact) mass is 311 g/mol. The maximum absolute atomic E-state index is 12.2. The van der Waals surface area contributed by atoms with Gasteiger partial charge in [0.05, 0.1) is 11.9 Å². The molecule has 118 valence electrons. The van der Waals surface area contributed by atoms with Crippen molar-refractivity contribution in [2.45, 2.75) is 26.9 Å². The van der Waals surface area contributed by atoms with Crippen molar-refractivity contribution in [1.29, 1.82) is 0 Å². The summed E-state index contributed by atoms with van der Waals surface area (Å²) >= 11 is 0. The van der Waals surface area contributed by atoms with E-state index in [2.05, 4.69) is 15.4 Å². The van der Waals surface area contributed by atoms with E-state index in [0.717, 1.165) is 10.2 Å². The van der Waals surface area contributed by atoms with Crippen LogP contribution in [-0.2, 0) is 17.9 Å². The van der Waals surface area contributed by atoms with Crippen molar-refractivity contribution in [3.63, 3.8) is 0 Å². The normalized spacial score (nSPS) is 10.9. The van der Waals surface area contributed by atoms with Crippen LogP contribution in [0.4, 0.5) is 0 Å². The highest BCUT2D eigenvalue weighted by Crippen LogP contribution is 2.02. The molecule has 3 aromatic rings. The number of hydrogen-bond acceptors (Lipinski definition) is 4. The second-order valence-corrected chi connectivity index (χ2v) is 5.46. The minimum atomic E-state index is -0.351. The van der Waals surface area contributed by atoms with Crippen molar-refractivity contribution in [3.05, 3.63) is 64.0 Å². The van der Waals surface area contributed by atoms with Crippen LogP contribution in [0.1, 0.15) is 16.8 Å². The Bertz CT molecular complexity index is 908. The highest BCUT2D eigenvalue weighted by atomic mass is 16.2. The first-order valence-corrected chi connectivity index (χ1v) is 7.27. The van der Waals surface area contributed by atoms with E-state index in [1.54, 1.807) is 13.1 Å². The number of aryl methyl sites for hydroxylation is 2. The van der Waals surface area contributed by atoms with Gasteiger partial charge in [-0.15, -0.1) is 5.10 Å². The molecule has 0 atom stereocenters. The van der Waals surface area contributed by atoms with Crippen molar-refractivity contribution in [2.24, 2.45) is 0 Å². The lowest BCUT2D eigenvalue weighted by molar-refractivity contribution is -0.122. The second kappa shape index (κ2) is 6.04. The minimum Gasteiger partial charge on any atom is -0.350 e. The van der Waals surface area contributed by atoms with E-state index < -0.39 is 0 Å². The number of fused-ring (bicyclic) bond motifs is 1. The summed E-state index contributed by atoms with van der Waals surface area (Å²) in [5.74, 6) is -0.263. The van der Waals surface area contributed by atoms with Crippen LogP contribution in [0, 0.1) is 13.8 Å². The fourth-order valence-electron chi connectivity index (χ4n) is 2.23. The highest BCUT2D eigenvalue weighted by Gasteiger charge is 2.11. The molecule has 1 amide bonds. The van der Waals surface area contributed by atoms with Gasteiger partial charge in [0.15, 0.2) is 5.65 Å². The maximum atomic E-state index is 12.2. The molecule has 23 heavy (non-hydrogen) atoms. The van der Waals surface area contributed by atoms with E-state index in [-0.39, 0.29) is 18.1 Å². The van der Waals surface area contributed by atoms with E-state index in [1.165, 1.54) is 16.2 Å². The van der Waals surface area contributed by atoms with Crippen molar-refractivity contribution >= 4 is 11.6 Å². The number of benzene rings is 1. The Balaban J connectivity index is 1.69. The molecule has 0 saturated carbocycles. The Morgan fingerprint density at radius 2 is 1.96 bits per heavy atom. The first-order chi connectivity index (χ1) is 11.0. The summed E-state index contributed by atoms with van der Waals surface area (Å²) in [6.45, 7) is 4.10. The van der Waals surface area contributed by atoms with Crippen LogP contribution in [-0.4, -0.2) is 25.1 Å². The summed E-state index contributed by atoms with van der Waals surface area (Å²) in [6, 6.07) is 7.90. The van der Waals surface area contributed by atoms with Gasteiger partial charge in [-0.05, 0) is 19.4 Å². The molecule has 0 saturated heterocycles. The number of aromatic nitrogens is 4. The molecule has 0 spiro atoms. The minimum absolute atomic E-state index is 0.120. The molecule has 0 unspecified atom stereocenters. The first kappa shape index (κ1) is 15.0. The molecule has 0 aliphatic carbocycles. The fourth-order valence-corrected chi connectivity index (χ4v) is 2.23. The third-order valence-corrected chi connectivity index (χ3v) is 3.50. The largest absolute Gasteiger partial charge is 0.350 e. The summed E-state index contributed by atoms with van der Waals surface area (Å²) in [4.78, 5) is 28.3. The van der Waals surface area contributed by atoms with Crippen molar-refractivity contribution < 1.29 is 4.79 Å². The lowest BCUT2D eigenvalue weighted by Crippen LogP contribution is -2.32. The predicted octanol–water partition coefficient (Wildman–Crippen LogP) is 0.824. The van der Waals surface area contributed by atoms with Gasteiger partial charge >= 0.3 is 5.69 Å². The summed E-state index contributed by atoms with van der Waals surface area (Å²) in [5, 5.41) is 6.89. The number of hydrogen-bond donors (Lipinski definition) is 1. The molecular formula is C16H17N5O2. The van der Waals surface area contributed by atoms with E-state index in [4.69, 9.17) is 0 Å². The number of rotatable bonds is 4. The van der Waals surface area contributed by atoms with Crippen LogP contribution in [0.5, 0.6) is 0 Å². The first-order valence-electron chi connectivity index (χ1n) is 7.27. The molecule has 1 N–H and O–H groups in total. The lowest BCUT2D eigenvalue weighted by atomic mass is 10.1. The Hall–Kier alpha value is -2.96. The maximum Gasteiger partial charge on any atom is 0.350 e. The second-order valence-electron chi connectivity index (χ2n) is 5.46. The van der Waals surface area contributed by atoms with E-state index in [9.17, 15) is 9.59 Å². The van der Waals surface area contributed by atoms with Gasteiger partial charge in [-0.1, -0.05) is 29.8 Å². The molecule has 2 aromatic heterocycles. The van der Waals surface area contributed by atoms with Crippen molar-refractivity contribution in [2.75, 3.05) is 0 Å². The van der Waals surface area contributed by atoms with Gasteiger partial charge in [0.25, 0.3) is 0 Å². The van der Waals surface area contributed by atoms with Crippen LogP contribution < -0.4 is 11.0 Å². The lowest BCUT2D eigenvalue weighted by Gasteiger charge is -2.05. The fraction of sp³-hybridized carbons (Fsp3) is 0.250. The summed E-state index contributed by atoms with van der Waals surface area (Å²) in [7, 11) is 0. The summed E-state index contributed by atoms with van der Waals surface area (Å²) in [5.41, 5.74) is 2.96. The van der Waals surface area contributed by atoms with Gasteiger partial charge in [-0.25, -0.2) is 13.9 Å². The molecule has 3 rings (SSSR count). The zero-order chi connectivity index (χ0) is 16.4. The smallest absolute Gasteiger partial charge is 0.350 e.